The van der Waals surface area contributed by atoms with Crippen LogP contribution in [0.1, 0.15) is 5.69 Å². The number of aromatic amines is 1. The van der Waals surface area contributed by atoms with E-state index in [4.69, 9.17) is 14.2 Å². The van der Waals surface area contributed by atoms with Gasteiger partial charge in [0.25, 0.3) is 5.91 Å². The molecule has 4 rings (SSSR count). The Morgan fingerprint density at radius 1 is 1.19 bits per heavy atom. The molecule has 0 saturated heterocycles. The van der Waals surface area contributed by atoms with Crippen LogP contribution in [0.15, 0.2) is 48.5 Å². The predicted molar refractivity (Wildman–Crippen MR) is 100 cm³/mol. The third-order valence-corrected chi connectivity index (χ3v) is 4.37. The smallest absolute Gasteiger partial charge is 0.270 e. The van der Waals surface area contributed by atoms with Gasteiger partial charge in [-0.2, -0.15) is 5.10 Å². The lowest BCUT2D eigenvalue weighted by atomic mass is 10.1. The van der Waals surface area contributed by atoms with Crippen LogP contribution >= 0.6 is 0 Å². The van der Waals surface area contributed by atoms with Crippen molar-refractivity contribution in [3.05, 3.63) is 54.2 Å². The number of nitrogens with one attached hydrogen (secondary N) is 2. The van der Waals surface area contributed by atoms with E-state index in [1.54, 1.807) is 13.2 Å². The number of hydrogen-bond acceptors (Lipinski definition) is 5. The molecule has 1 aliphatic rings. The van der Waals surface area contributed by atoms with Crippen molar-refractivity contribution in [2.75, 3.05) is 19.0 Å². The van der Waals surface area contributed by atoms with E-state index in [2.05, 4.69) is 15.5 Å². The lowest BCUT2D eigenvalue weighted by molar-refractivity contribution is -0.125. The zero-order chi connectivity index (χ0) is 18.8. The molecule has 27 heavy (non-hydrogen) atoms. The molecule has 0 bridgehead atoms. The number of para-hydroxylation sites is 2. The van der Waals surface area contributed by atoms with E-state index in [1.807, 2.05) is 49.4 Å². The molecular weight excluding hydrogens is 346 g/mol. The third-order valence-electron chi connectivity index (χ3n) is 4.37. The van der Waals surface area contributed by atoms with Crippen LogP contribution in [-0.4, -0.2) is 35.9 Å². The Balaban J connectivity index is 1.54. The number of anilines is 1. The molecule has 0 saturated carbocycles. The van der Waals surface area contributed by atoms with Gasteiger partial charge in [0.1, 0.15) is 12.4 Å². The van der Waals surface area contributed by atoms with Gasteiger partial charge in [0, 0.05) is 11.3 Å². The maximum absolute atomic E-state index is 12.7. The number of carbonyl (C=O) groups excluding carboxylic acids is 1. The van der Waals surface area contributed by atoms with Crippen molar-refractivity contribution < 1.29 is 19.0 Å². The van der Waals surface area contributed by atoms with Crippen molar-refractivity contribution in [1.82, 2.24) is 10.2 Å². The predicted octanol–water partition coefficient (Wildman–Crippen LogP) is 3.17. The first-order valence-electron chi connectivity index (χ1n) is 8.54. The number of methoxy groups -OCH3 is 1. The number of hydrogen-bond donors (Lipinski definition) is 2. The maximum atomic E-state index is 12.7. The van der Waals surface area contributed by atoms with E-state index in [9.17, 15) is 4.79 Å². The molecule has 0 unspecified atom stereocenters. The van der Waals surface area contributed by atoms with Gasteiger partial charge in [-0.1, -0.05) is 24.3 Å². The molecule has 138 valence electrons. The molecule has 0 aliphatic carbocycles. The topological polar surface area (TPSA) is 85.5 Å². The number of aryl methyl sites for hydroxylation is 1. The highest BCUT2D eigenvalue weighted by molar-refractivity contribution is 5.97. The lowest BCUT2D eigenvalue weighted by Gasteiger charge is -2.25. The molecule has 7 heteroatoms. The minimum absolute atomic E-state index is 0.143. The van der Waals surface area contributed by atoms with Gasteiger partial charge in [0.15, 0.2) is 17.3 Å². The summed E-state index contributed by atoms with van der Waals surface area (Å²) in [5.74, 6) is 2.08. The SMILES string of the molecule is COc1ccc(-c2c(NC(=O)[C@H]3COc4ccccc4O3)n[nH]c2C)cc1. The Morgan fingerprint density at radius 3 is 2.67 bits per heavy atom. The molecule has 2 N–H and O–H groups in total. The standard InChI is InChI=1S/C20H19N3O4/c1-12-18(13-7-9-14(25-2)10-8-13)19(23-22-12)21-20(24)17-11-26-15-5-3-4-6-16(15)27-17/h3-10,17H,11H2,1-2H3,(H2,21,22,23,24)/t17-/m1/s1. The lowest BCUT2D eigenvalue weighted by Crippen LogP contribution is -2.40. The summed E-state index contributed by atoms with van der Waals surface area (Å²) >= 11 is 0. The summed E-state index contributed by atoms with van der Waals surface area (Å²) in [7, 11) is 1.62. The first-order chi connectivity index (χ1) is 13.2. The van der Waals surface area contributed by atoms with Crippen LogP contribution in [0.3, 0.4) is 0 Å². The number of nitrogens with zero attached hydrogens (tertiary/aromatic N) is 1. The molecule has 2 heterocycles. The molecule has 1 aliphatic heterocycles. The summed E-state index contributed by atoms with van der Waals surface area (Å²) in [4.78, 5) is 12.7. The maximum Gasteiger partial charge on any atom is 0.270 e. The Bertz CT molecular complexity index is 966. The molecule has 0 radical (unpaired) electrons. The molecule has 2 aromatic carbocycles. The first-order valence-corrected chi connectivity index (χ1v) is 8.54. The van der Waals surface area contributed by atoms with Gasteiger partial charge in [0.2, 0.25) is 6.10 Å². The van der Waals surface area contributed by atoms with Crippen molar-refractivity contribution in [2.45, 2.75) is 13.0 Å². The number of H-pyrrole nitrogens is 1. The minimum Gasteiger partial charge on any atom is -0.497 e. The van der Waals surface area contributed by atoms with E-state index < -0.39 is 6.10 Å². The second-order valence-corrected chi connectivity index (χ2v) is 6.15. The molecule has 7 nitrogen and oxygen atoms in total. The van der Waals surface area contributed by atoms with Crippen LogP contribution in [0.25, 0.3) is 11.1 Å². The van der Waals surface area contributed by atoms with Gasteiger partial charge in [-0.3, -0.25) is 9.89 Å². The number of carbonyl (C=O) groups is 1. The fourth-order valence-corrected chi connectivity index (χ4v) is 2.98. The summed E-state index contributed by atoms with van der Waals surface area (Å²) in [6, 6.07) is 14.8. The average molecular weight is 365 g/mol. The average Bonchev–Trinajstić information content (AvgIpc) is 3.07. The quantitative estimate of drug-likeness (QED) is 0.742. The van der Waals surface area contributed by atoms with Gasteiger partial charge in [0.05, 0.1) is 7.11 Å². The van der Waals surface area contributed by atoms with E-state index in [-0.39, 0.29) is 12.5 Å². The highest BCUT2D eigenvalue weighted by Crippen LogP contribution is 2.33. The van der Waals surface area contributed by atoms with E-state index in [0.717, 1.165) is 22.6 Å². The number of benzene rings is 2. The van der Waals surface area contributed by atoms with Gasteiger partial charge in [-0.15, -0.1) is 0 Å². The van der Waals surface area contributed by atoms with Gasteiger partial charge < -0.3 is 19.5 Å². The molecule has 3 aromatic rings. The number of fused-ring (bicyclic) bond motifs is 1. The molecule has 1 atom stereocenters. The summed E-state index contributed by atoms with van der Waals surface area (Å²) in [5.41, 5.74) is 2.59. The summed E-state index contributed by atoms with van der Waals surface area (Å²) in [6.45, 7) is 2.04. The van der Waals surface area contributed by atoms with Crippen molar-refractivity contribution in [3.8, 4) is 28.4 Å². The highest BCUT2D eigenvalue weighted by Gasteiger charge is 2.28. The van der Waals surface area contributed by atoms with Crippen LogP contribution in [0.4, 0.5) is 5.82 Å². The number of aromatic nitrogens is 2. The zero-order valence-electron chi connectivity index (χ0n) is 15.0. The van der Waals surface area contributed by atoms with E-state index in [0.29, 0.717) is 17.3 Å². The van der Waals surface area contributed by atoms with Gasteiger partial charge in [-0.25, -0.2) is 0 Å². The Labute approximate surface area is 156 Å². The molecule has 1 amide bonds. The fourth-order valence-electron chi connectivity index (χ4n) is 2.98. The second kappa shape index (κ2) is 7.03. The summed E-state index contributed by atoms with van der Waals surface area (Å²) in [5, 5.41) is 9.99. The highest BCUT2D eigenvalue weighted by atomic mass is 16.6. The number of amides is 1. The Morgan fingerprint density at radius 2 is 1.93 bits per heavy atom. The molecule has 1 aromatic heterocycles. The molecular formula is C20H19N3O4. The van der Waals surface area contributed by atoms with Crippen molar-refractivity contribution in [2.24, 2.45) is 0 Å². The van der Waals surface area contributed by atoms with Crippen LogP contribution < -0.4 is 19.5 Å². The first kappa shape index (κ1) is 17.0. The minimum atomic E-state index is -0.749. The van der Waals surface area contributed by atoms with Gasteiger partial charge in [-0.05, 0) is 36.8 Å². The third kappa shape index (κ3) is 3.31. The van der Waals surface area contributed by atoms with Crippen LogP contribution in [0, 0.1) is 6.92 Å². The Kier molecular flexibility index (Phi) is 4.42. The van der Waals surface area contributed by atoms with Crippen molar-refractivity contribution >= 4 is 11.7 Å². The van der Waals surface area contributed by atoms with Gasteiger partial charge >= 0.3 is 0 Å². The monoisotopic (exact) mass is 365 g/mol. The zero-order valence-corrected chi connectivity index (χ0v) is 15.0. The largest absolute Gasteiger partial charge is 0.497 e. The van der Waals surface area contributed by atoms with E-state index >= 15 is 0 Å². The summed E-state index contributed by atoms with van der Waals surface area (Å²) < 4.78 is 16.6. The normalized spacial score (nSPS) is 15.3. The van der Waals surface area contributed by atoms with Crippen molar-refractivity contribution in [1.29, 1.82) is 0 Å². The Hall–Kier alpha value is -3.48. The summed E-state index contributed by atoms with van der Waals surface area (Å²) in [6.07, 6.45) is -0.749. The van der Waals surface area contributed by atoms with Crippen molar-refractivity contribution in [3.63, 3.8) is 0 Å². The number of ether oxygens (including phenoxy) is 3. The van der Waals surface area contributed by atoms with Crippen LogP contribution in [0.2, 0.25) is 0 Å². The van der Waals surface area contributed by atoms with Crippen LogP contribution in [0.5, 0.6) is 17.2 Å². The van der Waals surface area contributed by atoms with Crippen LogP contribution in [-0.2, 0) is 4.79 Å². The fraction of sp³-hybridized carbons (Fsp3) is 0.200. The number of rotatable bonds is 4. The van der Waals surface area contributed by atoms with E-state index in [1.165, 1.54) is 0 Å². The molecule has 0 spiro atoms. The second-order valence-electron chi connectivity index (χ2n) is 6.15. The molecule has 0 fully saturated rings.